The number of benzene rings is 2. The first-order valence-corrected chi connectivity index (χ1v) is 11.7. The van der Waals surface area contributed by atoms with E-state index in [1.54, 1.807) is 34.6 Å². The average molecular weight is 424 g/mol. The number of pyridine rings is 1. The Hall–Kier alpha value is -2.77. The Kier molecular flexibility index (Phi) is 5.83. The molecule has 2 aromatic carbocycles. The number of aromatic nitrogens is 1. The highest BCUT2D eigenvalue weighted by molar-refractivity contribution is 7.89. The summed E-state index contributed by atoms with van der Waals surface area (Å²) >= 11 is 0. The first-order chi connectivity index (χ1) is 14.4. The normalized spacial score (nSPS) is 15.6. The van der Waals surface area contributed by atoms with Crippen molar-refractivity contribution in [1.29, 1.82) is 0 Å². The maximum atomic E-state index is 12.9. The van der Waals surface area contributed by atoms with Crippen LogP contribution in [0.2, 0.25) is 0 Å². The number of carbonyl (C=O) groups is 1. The minimum atomic E-state index is -3.50. The van der Waals surface area contributed by atoms with Crippen LogP contribution in [0, 0.1) is 6.92 Å². The zero-order chi connectivity index (χ0) is 21.1. The topological polar surface area (TPSA) is 79.4 Å². The molecule has 7 heteroatoms. The summed E-state index contributed by atoms with van der Waals surface area (Å²) in [6.07, 6.45) is 3.93. The molecule has 0 saturated carbocycles. The van der Waals surface area contributed by atoms with Gasteiger partial charge in [0, 0.05) is 29.9 Å². The average Bonchev–Trinajstić information content (AvgIpc) is 3.03. The number of rotatable bonds is 4. The monoisotopic (exact) mass is 423 g/mol. The molecule has 0 bridgehead atoms. The van der Waals surface area contributed by atoms with Gasteiger partial charge in [0.25, 0.3) is 5.91 Å². The number of hydrogen-bond donors (Lipinski definition) is 1. The summed E-state index contributed by atoms with van der Waals surface area (Å²) in [7, 11) is -3.50. The van der Waals surface area contributed by atoms with Crippen LogP contribution in [0.25, 0.3) is 10.9 Å². The molecule has 1 aliphatic rings. The van der Waals surface area contributed by atoms with E-state index in [2.05, 4.69) is 10.3 Å². The molecule has 3 aromatic rings. The van der Waals surface area contributed by atoms with Crippen LogP contribution in [-0.2, 0) is 10.0 Å². The lowest BCUT2D eigenvalue weighted by Gasteiger charge is -2.20. The van der Waals surface area contributed by atoms with E-state index < -0.39 is 10.0 Å². The van der Waals surface area contributed by atoms with E-state index in [9.17, 15) is 13.2 Å². The lowest BCUT2D eigenvalue weighted by molar-refractivity contribution is 0.102. The summed E-state index contributed by atoms with van der Waals surface area (Å²) in [6, 6.07) is 15.7. The number of nitrogens with zero attached hydrogens (tertiary/aromatic N) is 2. The minimum Gasteiger partial charge on any atom is -0.322 e. The zero-order valence-corrected chi connectivity index (χ0v) is 17.8. The van der Waals surface area contributed by atoms with E-state index in [1.807, 2.05) is 31.2 Å². The van der Waals surface area contributed by atoms with Crippen molar-refractivity contribution < 1.29 is 13.2 Å². The third-order valence-corrected chi connectivity index (χ3v) is 7.32. The number of anilines is 1. The number of aryl methyl sites for hydroxylation is 1. The van der Waals surface area contributed by atoms with E-state index in [1.165, 1.54) is 0 Å². The van der Waals surface area contributed by atoms with Crippen molar-refractivity contribution in [3.63, 3.8) is 0 Å². The quantitative estimate of drug-likeness (QED) is 0.676. The number of hydrogen-bond acceptors (Lipinski definition) is 4. The lowest BCUT2D eigenvalue weighted by atomic mass is 10.1. The fourth-order valence-electron chi connectivity index (χ4n) is 3.84. The molecule has 6 nitrogen and oxygen atoms in total. The standard InChI is InChI=1S/C23H25N3O3S/c1-17-16-21(20-8-4-5-9-22(20)24-17)23(27)25-18-10-12-19(13-11-18)30(28,29)26-14-6-2-3-7-15-26/h4-5,8-13,16H,2-3,6-7,14-15H2,1H3,(H,25,27). The van der Waals surface area contributed by atoms with E-state index in [4.69, 9.17) is 0 Å². The highest BCUT2D eigenvalue weighted by Crippen LogP contribution is 2.23. The van der Waals surface area contributed by atoms with Crippen LogP contribution in [0.1, 0.15) is 41.7 Å². The highest BCUT2D eigenvalue weighted by Gasteiger charge is 2.25. The summed E-state index contributed by atoms with van der Waals surface area (Å²) in [5, 5.41) is 3.65. The number of carbonyl (C=O) groups excluding carboxylic acids is 1. The molecule has 0 aliphatic carbocycles. The predicted octanol–water partition coefficient (Wildman–Crippen LogP) is 4.36. The van der Waals surface area contributed by atoms with Crippen LogP contribution >= 0.6 is 0 Å². The van der Waals surface area contributed by atoms with Gasteiger partial charge in [0.2, 0.25) is 10.0 Å². The van der Waals surface area contributed by atoms with Crippen molar-refractivity contribution in [3.8, 4) is 0 Å². The van der Waals surface area contributed by atoms with Gasteiger partial charge in [-0.1, -0.05) is 31.0 Å². The maximum absolute atomic E-state index is 12.9. The smallest absolute Gasteiger partial charge is 0.256 e. The van der Waals surface area contributed by atoms with Crippen molar-refractivity contribution in [2.24, 2.45) is 0 Å². The molecule has 0 radical (unpaired) electrons. The summed E-state index contributed by atoms with van der Waals surface area (Å²) in [5.74, 6) is -0.250. The molecule has 1 fully saturated rings. The molecule has 30 heavy (non-hydrogen) atoms. The van der Waals surface area contributed by atoms with Gasteiger partial charge in [-0.05, 0) is 56.2 Å². The first kappa shape index (κ1) is 20.5. The van der Waals surface area contributed by atoms with Gasteiger partial charge in [0.15, 0.2) is 0 Å². The summed E-state index contributed by atoms with van der Waals surface area (Å²) in [6.45, 7) is 2.98. The van der Waals surface area contributed by atoms with Gasteiger partial charge in [-0.25, -0.2) is 8.42 Å². The van der Waals surface area contributed by atoms with E-state index in [0.717, 1.165) is 42.3 Å². The summed E-state index contributed by atoms with van der Waals surface area (Å²) in [5.41, 5.74) is 2.62. The SMILES string of the molecule is Cc1cc(C(=O)Nc2ccc(S(=O)(=O)N3CCCCCC3)cc2)c2ccccc2n1. The fourth-order valence-corrected chi connectivity index (χ4v) is 5.35. The van der Waals surface area contributed by atoms with Crippen LogP contribution in [-0.4, -0.2) is 36.7 Å². The van der Waals surface area contributed by atoms with Gasteiger partial charge in [-0.3, -0.25) is 9.78 Å². The molecule has 0 unspecified atom stereocenters. The Morgan fingerprint density at radius 2 is 1.63 bits per heavy atom. The third kappa shape index (κ3) is 4.22. The number of nitrogens with one attached hydrogen (secondary N) is 1. The van der Waals surface area contributed by atoms with Gasteiger partial charge in [-0.15, -0.1) is 0 Å². The molecule has 0 atom stereocenters. The first-order valence-electron chi connectivity index (χ1n) is 10.2. The lowest BCUT2D eigenvalue weighted by Crippen LogP contribution is -2.31. The van der Waals surface area contributed by atoms with Crippen molar-refractivity contribution in [2.45, 2.75) is 37.5 Å². The second-order valence-corrected chi connectivity index (χ2v) is 9.56. The van der Waals surface area contributed by atoms with Crippen LogP contribution in [0.3, 0.4) is 0 Å². The molecular formula is C23H25N3O3S. The van der Waals surface area contributed by atoms with E-state index >= 15 is 0 Å². The third-order valence-electron chi connectivity index (χ3n) is 5.40. The Labute approximate surface area is 177 Å². The molecule has 0 spiro atoms. The highest BCUT2D eigenvalue weighted by atomic mass is 32.2. The van der Waals surface area contributed by atoms with Crippen molar-refractivity contribution in [3.05, 3.63) is 65.9 Å². The van der Waals surface area contributed by atoms with Crippen molar-refractivity contribution in [1.82, 2.24) is 9.29 Å². The molecule has 1 N–H and O–H groups in total. The predicted molar refractivity (Wildman–Crippen MR) is 118 cm³/mol. The molecule has 2 heterocycles. The van der Waals surface area contributed by atoms with Gasteiger partial charge < -0.3 is 5.32 Å². The summed E-state index contributed by atoms with van der Waals surface area (Å²) in [4.78, 5) is 17.6. The summed E-state index contributed by atoms with van der Waals surface area (Å²) < 4.78 is 27.4. The Morgan fingerprint density at radius 1 is 0.967 bits per heavy atom. The van der Waals surface area contributed by atoms with Gasteiger partial charge in [-0.2, -0.15) is 4.31 Å². The number of amides is 1. The molecule has 1 amide bonds. The van der Waals surface area contributed by atoms with Crippen molar-refractivity contribution >= 4 is 32.5 Å². The minimum absolute atomic E-state index is 0.250. The van der Waals surface area contributed by atoms with Crippen LogP contribution in [0.5, 0.6) is 0 Å². The second-order valence-electron chi connectivity index (χ2n) is 7.63. The molecular weight excluding hydrogens is 398 g/mol. The molecule has 1 saturated heterocycles. The largest absolute Gasteiger partial charge is 0.322 e. The Morgan fingerprint density at radius 3 is 2.33 bits per heavy atom. The molecule has 156 valence electrons. The maximum Gasteiger partial charge on any atom is 0.256 e. The molecule has 1 aliphatic heterocycles. The van der Waals surface area contributed by atoms with Gasteiger partial charge >= 0.3 is 0 Å². The van der Waals surface area contributed by atoms with Crippen LogP contribution in [0.15, 0.2) is 59.5 Å². The molecule has 4 rings (SSSR count). The van der Waals surface area contributed by atoms with E-state index in [0.29, 0.717) is 24.3 Å². The van der Waals surface area contributed by atoms with Crippen LogP contribution < -0.4 is 5.32 Å². The number of fused-ring (bicyclic) bond motifs is 1. The van der Waals surface area contributed by atoms with Gasteiger partial charge in [0.05, 0.1) is 16.0 Å². The van der Waals surface area contributed by atoms with Gasteiger partial charge in [0.1, 0.15) is 0 Å². The zero-order valence-electron chi connectivity index (χ0n) is 17.0. The molecule has 1 aromatic heterocycles. The Balaban J connectivity index is 1.55. The number of sulfonamides is 1. The Bertz CT molecular complexity index is 1170. The number of para-hydroxylation sites is 1. The fraction of sp³-hybridized carbons (Fsp3) is 0.304. The van der Waals surface area contributed by atoms with E-state index in [-0.39, 0.29) is 10.8 Å². The van der Waals surface area contributed by atoms with Crippen molar-refractivity contribution in [2.75, 3.05) is 18.4 Å². The second kappa shape index (κ2) is 8.53. The van der Waals surface area contributed by atoms with Crippen LogP contribution in [0.4, 0.5) is 5.69 Å².